The van der Waals surface area contributed by atoms with E-state index in [9.17, 15) is 18.4 Å². The van der Waals surface area contributed by atoms with Gasteiger partial charge in [0.05, 0.1) is 0 Å². The number of amides is 3. The number of nitrogens with one attached hydrogen (secondary N) is 1. The van der Waals surface area contributed by atoms with Crippen molar-refractivity contribution in [2.24, 2.45) is 5.92 Å². The van der Waals surface area contributed by atoms with Gasteiger partial charge in [0, 0.05) is 43.9 Å². The van der Waals surface area contributed by atoms with Gasteiger partial charge in [-0.1, -0.05) is 19.3 Å². The molecular formula is C18H23F2N3O2. The van der Waals surface area contributed by atoms with Crippen LogP contribution in [0.3, 0.4) is 0 Å². The number of hydrogen-bond acceptors (Lipinski definition) is 2. The first-order valence-electron chi connectivity index (χ1n) is 8.84. The number of rotatable bonds is 2. The molecular weight excluding hydrogens is 328 g/mol. The Morgan fingerprint density at radius 3 is 2.04 bits per heavy atom. The van der Waals surface area contributed by atoms with Gasteiger partial charge in [0.2, 0.25) is 5.91 Å². The van der Waals surface area contributed by atoms with Gasteiger partial charge >= 0.3 is 6.03 Å². The molecule has 1 saturated heterocycles. The lowest BCUT2D eigenvalue weighted by Gasteiger charge is -2.37. The molecule has 2 aliphatic rings. The maximum atomic E-state index is 13.2. The van der Waals surface area contributed by atoms with Gasteiger partial charge in [0.15, 0.2) is 0 Å². The van der Waals surface area contributed by atoms with Crippen LogP contribution in [-0.4, -0.2) is 47.9 Å². The van der Waals surface area contributed by atoms with Crippen molar-refractivity contribution in [3.8, 4) is 0 Å². The van der Waals surface area contributed by atoms with Gasteiger partial charge in [0.1, 0.15) is 11.6 Å². The van der Waals surface area contributed by atoms with Gasteiger partial charge in [-0.05, 0) is 25.0 Å². The zero-order valence-electron chi connectivity index (χ0n) is 14.1. The van der Waals surface area contributed by atoms with Gasteiger partial charge in [-0.25, -0.2) is 13.6 Å². The molecule has 1 aromatic rings. The molecule has 5 nitrogen and oxygen atoms in total. The summed E-state index contributed by atoms with van der Waals surface area (Å²) in [5.74, 6) is -1.15. The van der Waals surface area contributed by atoms with Crippen LogP contribution in [0.4, 0.5) is 19.3 Å². The van der Waals surface area contributed by atoms with Crippen molar-refractivity contribution in [1.29, 1.82) is 0 Å². The lowest BCUT2D eigenvalue weighted by atomic mass is 9.88. The topological polar surface area (TPSA) is 52.7 Å². The number of carbonyl (C=O) groups is 2. The van der Waals surface area contributed by atoms with E-state index < -0.39 is 17.7 Å². The molecule has 0 atom stereocenters. The SMILES string of the molecule is O=C(Nc1cc(F)cc(F)c1)N1CCN(C(=O)C2CCCCC2)CC1. The molecule has 1 aliphatic heterocycles. The third-order valence-electron chi connectivity index (χ3n) is 4.95. The molecule has 7 heteroatoms. The van der Waals surface area contributed by atoms with Gasteiger partial charge < -0.3 is 15.1 Å². The van der Waals surface area contributed by atoms with Crippen LogP contribution in [0.1, 0.15) is 32.1 Å². The average molecular weight is 351 g/mol. The van der Waals surface area contributed by atoms with Crippen molar-refractivity contribution in [1.82, 2.24) is 9.80 Å². The van der Waals surface area contributed by atoms with E-state index in [1.54, 1.807) is 4.90 Å². The van der Waals surface area contributed by atoms with Gasteiger partial charge in [0.25, 0.3) is 0 Å². The second-order valence-corrected chi connectivity index (χ2v) is 6.74. The Kier molecular flexibility index (Phi) is 5.50. The van der Waals surface area contributed by atoms with Crippen LogP contribution in [0.15, 0.2) is 18.2 Å². The normalized spacial score (nSPS) is 19.0. The Morgan fingerprint density at radius 1 is 0.880 bits per heavy atom. The third kappa shape index (κ3) is 4.46. The van der Waals surface area contributed by atoms with Crippen LogP contribution in [0.5, 0.6) is 0 Å². The van der Waals surface area contributed by atoms with Crippen molar-refractivity contribution in [2.45, 2.75) is 32.1 Å². The minimum atomic E-state index is -0.738. The molecule has 1 aromatic carbocycles. The second kappa shape index (κ2) is 7.80. The molecule has 0 bridgehead atoms. The van der Waals surface area contributed by atoms with Crippen LogP contribution in [-0.2, 0) is 4.79 Å². The van der Waals surface area contributed by atoms with E-state index >= 15 is 0 Å². The fraction of sp³-hybridized carbons (Fsp3) is 0.556. The number of anilines is 1. The molecule has 25 heavy (non-hydrogen) atoms. The molecule has 1 saturated carbocycles. The maximum Gasteiger partial charge on any atom is 0.321 e. The number of piperazine rings is 1. The Balaban J connectivity index is 1.51. The summed E-state index contributed by atoms with van der Waals surface area (Å²) >= 11 is 0. The summed E-state index contributed by atoms with van der Waals surface area (Å²) in [4.78, 5) is 28.2. The minimum Gasteiger partial charge on any atom is -0.339 e. The fourth-order valence-corrected chi connectivity index (χ4v) is 3.57. The van der Waals surface area contributed by atoms with Gasteiger partial charge in [-0.2, -0.15) is 0 Å². The summed E-state index contributed by atoms with van der Waals surface area (Å²) in [6.45, 7) is 1.84. The van der Waals surface area contributed by atoms with Crippen LogP contribution in [0.2, 0.25) is 0 Å². The molecule has 0 aromatic heterocycles. The first-order valence-corrected chi connectivity index (χ1v) is 8.84. The number of hydrogen-bond donors (Lipinski definition) is 1. The quantitative estimate of drug-likeness (QED) is 0.889. The summed E-state index contributed by atoms with van der Waals surface area (Å²) < 4.78 is 26.4. The highest BCUT2D eigenvalue weighted by Gasteiger charge is 2.29. The minimum absolute atomic E-state index is 0.0863. The highest BCUT2D eigenvalue weighted by Crippen LogP contribution is 2.26. The van der Waals surface area contributed by atoms with Crippen molar-refractivity contribution >= 4 is 17.6 Å². The lowest BCUT2D eigenvalue weighted by molar-refractivity contribution is -0.138. The van der Waals surface area contributed by atoms with Crippen molar-refractivity contribution in [3.05, 3.63) is 29.8 Å². The highest BCUT2D eigenvalue weighted by atomic mass is 19.1. The van der Waals surface area contributed by atoms with E-state index in [1.807, 2.05) is 4.90 Å². The molecule has 3 amide bonds. The van der Waals surface area contributed by atoms with Gasteiger partial charge in [-0.15, -0.1) is 0 Å². The molecule has 136 valence electrons. The highest BCUT2D eigenvalue weighted by molar-refractivity contribution is 5.89. The van der Waals surface area contributed by atoms with Crippen LogP contribution in [0.25, 0.3) is 0 Å². The largest absolute Gasteiger partial charge is 0.339 e. The Bertz CT molecular complexity index is 619. The summed E-state index contributed by atoms with van der Waals surface area (Å²) in [6, 6.07) is 2.49. The van der Waals surface area contributed by atoms with Crippen molar-refractivity contribution < 1.29 is 18.4 Å². The predicted octanol–water partition coefficient (Wildman–Crippen LogP) is 3.22. The standard InChI is InChI=1S/C18H23F2N3O2/c19-14-10-15(20)12-16(11-14)21-18(25)23-8-6-22(7-9-23)17(24)13-4-2-1-3-5-13/h10-13H,1-9H2,(H,21,25). The zero-order chi connectivity index (χ0) is 17.8. The summed E-state index contributed by atoms with van der Waals surface area (Å²) in [5.41, 5.74) is 0.0863. The summed E-state index contributed by atoms with van der Waals surface area (Å²) in [7, 11) is 0. The zero-order valence-corrected chi connectivity index (χ0v) is 14.1. The summed E-state index contributed by atoms with van der Waals surface area (Å²) in [6.07, 6.45) is 5.36. The molecule has 0 radical (unpaired) electrons. The van der Waals surface area contributed by atoms with E-state index in [-0.39, 0.29) is 17.5 Å². The number of benzene rings is 1. The third-order valence-corrected chi connectivity index (χ3v) is 4.95. The molecule has 0 unspecified atom stereocenters. The van der Waals surface area contributed by atoms with Crippen LogP contribution >= 0.6 is 0 Å². The van der Waals surface area contributed by atoms with E-state index in [1.165, 1.54) is 6.42 Å². The molecule has 0 spiro atoms. The Labute approximate surface area is 146 Å². The molecule has 1 N–H and O–H groups in total. The van der Waals surface area contributed by atoms with Crippen LogP contribution in [0, 0.1) is 17.6 Å². The number of carbonyl (C=O) groups excluding carboxylic acids is 2. The van der Waals surface area contributed by atoms with Gasteiger partial charge in [-0.3, -0.25) is 4.79 Å². The van der Waals surface area contributed by atoms with E-state index in [0.29, 0.717) is 26.2 Å². The predicted molar refractivity (Wildman–Crippen MR) is 90.1 cm³/mol. The average Bonchev–Trinajstić information content (AvgIpc) is 2.61. The fourth-order valence-electron chi connectivity index (χ4n) is 3.57. The maximum absolute atomic E-state index is 13.2. The number of nitrogens with zero attached hydrogens (tertiary/aromatic N) is 2. The molecule has 2 fully saturated rings. The first kappa shape index (κ1) is 17.6. The van der Waals surface area contributed by atoms with Crippen molar-refractivity contribution in [3.63, 3.8) is 0 Å². The second-order valence-electron chi connectivity index (χ2n) is 6.74. The Hall–Kier alpha value is -2.18. The number of halogens is 2. The number of urea groups is 1. The van der Waals surface area contributed by atoms with E-state index in [2.05, 4.69) is 5.32 Å². The lowest BCUT2D eigenvalue weighted by Crippen LogP contribution is -2.53. The summed E-state index contributed by atoms with van der Waals surface area (Å²) in [5, 5.41) is 2.50. The van der Waals surface area contributed by atoms with E-state index in [4.69, 9.17) is 0 Å². The monoisotopic (exact) mass is 351 g/mol. The van der Waals surface area contributed by atoms with Crippen molar-refractivity contribution in [2.75, 3.05) is 31.5 Å². The molecule has 3 rings (SSSR count). The Morgan fingerprint density at radius 2 is 1.44 bits per heavy atom. The smallest absolute Gasteiger partial charge is 0.321 e. The van der Waals surface area contributed by atoms with Crippen LogP contribution < -0.4 is 5.32 Å². The molecule has 1 heterocycles. The molecule has 1 aliphatic carbocycles. The van der Waals surface area contributed by atoms with E-state index in [0.717, 1.165) is 43.9 Å². The first-order chi connectivity index (χ1) is 12.0.